The molecular weight excluding hydrogens is 142 g/mol. The highest BCUT2D eigenvalue weighted by molar-refractivity contribution is 7.70. The third-order valence-electron chi connectivity index (χ3n) is 0.826. The molecule has 0 radical (unpaired) electrons. The fourth-order valence-corrected chi connectivity index (χ4v) is 0.748. The monoisotopic (exact) mass is 153 g/mol. The minimum atomic E-state index is -2.45. The maximum Gasteiger partial charge on any atom is 0.201 e. The molecular formula is C4H11NO3S. The second kappa shape index (κ2) is 6.00. The van der Waals surface area contributed by atoms with E-state index in [4.69, 9.17) is 5.11 Å². The zero-order valence-corrected chi connectivity index (χ0v) is 5.93. The van der Waals surface area contributed by atoms with Gasteiger partial charge in [0.2, 0.25) is 10.9 Å². The molecule has 0 aliphatic carbocycles. The van der Waals surface area contributed by atoms with E-state index in [1.807, 2.05) is 0 Å². The Morgan fingerprint density at radius 2 is 2.00 bits per heavy atom. The zero-order chi connectivity index (χ0) is 7.11. The Hall–Kier alpha value is -0.130. The minimum absolute atomic E-state index is 0.122. The third-order valence-corrected chi connectivity index (χ3v) is 1.31. The molecule has 2 N–H and O–H groups in total. The number of rotatable bonds is 5. The molecule has 0 saturated carbocycles. The summed E-state index contributed by atoms with van der Waals surface area (Å²) in [6, 6.07) is 0. The summed E-state index contributed by atoms with van der Waals surface area (Å²) in [5.41, 5.74) is 0. The van der Waals surface area contributed by atoms with E-state index in [-0.39, 0.29) is 6.61 Å². The maximum atomic E-state index is 9.83. The fourth-order valence-electron chi connectivity index (χ4n) is 0.407. The van der Waals surface area contributed by atoms with Gasteiger partial charge in [-0.15, -0.1) is 0 Å². The molecule has 4 nitrogen and oxygen atoms in total. The van der Waals surface area contributed by atoms with Crippen LogP contribution in [-0.2, 0) is 10.9 Å². The Bertz CT molecular complexity index is 115. The first-order valence-corrected chi connectivity index (χ1v) is 3.94. The average molecular weight is 153 g/mol. The van der Waals surface area contributed by atoms with Crippen molar-refractivity contribution in [3.05, 3.63) is 0 Å². The number of nitrogens with one attached hydrogen (secondary N) is 1. The number of thiol groups is 1. The second-order valence-electron chi connectivity index (χ2n) is 1.60. The average Bonchev–Trinajstić information content (AvgIpc) is 1.80. The highest BCUT2D eigenvalue weighted by Gasteiger charge is 1.85. The Kier molecular flexibility index (Phi) is 5.91. The van der Waals surface area contributed by atoms with Crippen LogP contribution >= 0.6 is 0 Å². The molecule has 0 unspecified atom stereocenters. The van der Waals surface area contributed by atoms with Gasteiger partial charge in [-0.1, -0.05) is 0 Å². The van der Waals surface area contributed by atoms with Crippen LogP contribution in [0.4, 0.5) is 0 Å². The summed E-state index contributed by atoms with van der Waals surface area (Å²) in [4.78, 5) is 0. The van der Waals surface area contributed by atoms with Crippen LogP contribution < -0.4 is 4.72 Å². The summed E-state index contributed by atoms with van der Waals surface area (Å²) >= 11 is 0. The van der Waals surface area contributed by atoms with Crippen molar-refractivity contribution in [2.45, 2.75) is 12.8 Å². The van der Waals surface area contributed by atoms with Gasteiger partial charge >= 0.3 is 0 Å². The first-order valence-electron chi connectivity index (χ1n) is 2.76. The lowest BCUT2D eigenvalue weighted by Crippen LogP contribution is -2.12. The summed E-state index contributed by atoms with van der Waals surface area (Å²) in [6.45, 7) is 0.552. The molecule has 0 atom stereocenters. The lowest BCUT2D eigenvalue weighted by molar-refractivity contribution is 0.285. The van der Waals surface area contributed by atoms with Crippen LogP contribution in [0, 0.1) is 0 Å². The Labute approximate surface area is 56.0 Å². The molecule has 0 aliphatic heterocycles. The van der Waals surface area contributed by atoms with Crippen molar-refractivity contribution in [2.75, 3.05) is 13.2 Å². The van der Waals surface area contributed by atoms with Crippen LogP contribution in [0.15, 0.2) is 0 Å². The topological polar surface area (TPSA) is 66.4 Å². The molecule has 0 spiro atoms. The van der Waals surface area contributed by atoms with Gasteiger partial charge in [-0.25, -0.2) is 13.1 Å². The molecule has 0 aromatic carbocycles. The van der Waals surface area contributed by atoms with Gasteiger partial charge in [-0.3, -0.25) is 0 Å². The largest absolute Gasteiger partial charge is 0.396 e. The van der Waals surface area contributed by atoms with Gasteiger partial charge in [0.1, 0.15) is 0 Å². The van der Waals surface area contributed by atoms with Crippen LogP contribution in [0.1, 0.15) is 12.8 Å². The van der Waals surface area contributed by atoms with Gasteiger partial charge in [0.05, 0.1) is 0 Å². The van der Waals surface area contributed by atoms with Gasteiger partial charge in [-0.05, 0) is 12.8 Å². The van der Waals surface area contributed by atoms with E-state index in [2.05, 4.69) is 4.72 Å². The maximum absolute atomic E-state index is 9.83. The van der Waals surface area contributed by atoms with Crippen molar-refractivity contribution >= 4 is 10.9 Å². The standard InChI is InChI=1S/C4H11NO3S/c6-4-2-1-3-5-9(7)8/h6,9H,1-4H2,(H,5,7,8). The molecule has 5 heteroatoms. The van der Waals surface area contributed by atoms with E-state index in [9.17, 15) is 8.42 Å². The molecule has 0 rings (SSSR count). The number of hydrogen-bond donors (Lipinski definition) is 3. The van der Waals surface area contributed by atoms with Crippen molar-refractivity contribution in [2.24, 2.45) is 0 Å². The van der Waals surface area contributed by atoms with Crippen LogP contribution in [0.25, 0.3) is 0 Å². The van der Waals surface area contributed by atoms with Crippen molar-refractivity contribution in [3.8, 4) is 0 Å². The van der Waals surface area contributed by atoms with Crippen LogP contribution in [0.5, 0.6) is 0 Å². The Balaban J connectivity index is 2.92. The van der Waals surface area contributed by atoms with Gasteiger partial charge in [0.15, 0.2) is 0 Å². The Morgan fingerprint density at radius 1 is 1.33 bits per heavy atom. The molecule has 0 saturated heterocycles. The number of aliphatic hydroxyl groups is 1. The number of unbranched alkanes of at least 4 members (excludes halogenated alkanes) is 1. The molecule has 0 fully saturated rings. The van der Waals surface area contributed by atoms with Gasteiger partial charge in [0.25, 0.3) is 0 Å². The summed E-state index contributed by atoms with van der Waals surface area (Å²) < 4.78 is 21.9. The first kappa shape index (κ1) is 8.87. The zero-order valence-electron chi connectivity index (χ0n) is 5.04. The third kappa shape index (κ3) is 7.87. The van der Waals surface area contributed by atoms with E-state index in [1.54, 1.807) is 0 Å². The van der Waals surface area contributed by atoms with Gasteiger partial charge in [0, 0.05) is 13.2 Å². The fraction of sp³-hybridized carbons (Fsp3) is 1.00. The van der Waals surface area contributed by atoms with Crippen LogP contribution in [-0.4, -0.2) is 26.7 Å². The molecule has 0 heterocycles. The van der Waals surface area contributed by atoms with E-state index < -0.39 is 10.9 Å². The van der Waals surface area contributed by atoms with E-state index in [0.29, 0.717) is 19.4 Å². The van der Waals surface area contributed by atoms with Gasteiger partial charge in [-0.2, -0.15) is 0 Å². The summed E-state index contributed by atoms with van der Waals surface area (Å²) in [5, 5.41) is 8.25. The van der Waals surface area contributed by atoms with Crippen molar-refractivity contribution in [1.82, 2.24) is 4.72 Å². The van der Waals surface area contributed by atoms with E-state index in [0.717, 1.165) is 0 Å². The lowest BCUT2D eigenvalue weighted by Gasteiger charge is -1.92. The van der Waals surface area contributed by atoms with Crippen molar-refractivity contribution < 1.29 is 13.5 Å². The van der Waals surface area contributed by atoms with Crippen LogP contribution in [0.2, 0.25) is 0 Å². The van der Waals surface area contributed by atoms with Gasteiger partial charge < -0.3 is 5.11 Å². The normalized spacial score (nSPS) is 10.4. The molecule has 0 bridgehead atoms. The number of aliphatic hydroxyl groups excluding tert-OH is 1. The molecule has 0 aromatic rings. The second-order valence-corrected chi connectivity index (χ2v) is 2.43. The molecule has 0 aromatic heterocycles. The quantitative estimate of drug-likeness (QED) is 0.346. The summed E-state index contributed by atoms with van der Waals surface area (Å²) in [5.74, 6) is 0. The molecule has 56 valence electrons. The minimum Gasteiger partial charge on any atom is -0.396 e. The summed E-state index contributed by atoms with van der Waals surface area (Å²) in [6.07, 6.45) is 1.34. The summed E-state index contributed by atoms with van der Waals surface area (Å²) in [7, 11) is -2.45. The first-order chi connectivity index (χ1) is 4.27. The smallest absolute Gasteiger partial charge is 0.201 e. The molecule has 9 heavy (non-hydrogen) atoms. The van der Waals surface area contributed by atoms with Crippen molar-refractivity contribution in [3.63, 3.8) is 0 Å². The van der Waals surface area contributed by atoms with E-state index >= 15 is 0 Å². The molecule has 0 aliphatic rings. The highest BCUT2D eigenvalue weighted by atomic mass is 32.2. The predicted octanol–water partition coefficient (Wildman–Crippen LogP) is -1.13. The SMILES string of the molecule is O=[SH](=O)NCCCCO. The van der Waals surface area contributed by atoms with Crippen LogP contribution in [0.3, 0.4) is 0 Å². The lowest BCUT2D eigenvalue weighted by atomic mass is 10.3. The highest BCUT2D eigenvalue weighted by Crippen LogP contribution is 1.82. The Morgan fingerprint density at radius 3 is 2.44 bits per heavy atom. The number of hydrogen-bond acceptors (Lipinski definition) is 3. The predicted molar refractivity (Wildman–Crippen MR) is 34.6 cm³/mol. The van der Waals surface area contributed by atoms with Crippen molar-refractivity contribution in [1.29, 1.82) is 0 Å². The molecule has 0 amide bonds. The van der Waals surface area contributed by atoms with E-state index in [1.165, 1.54) is 0 Å².